The van der Waals surface area contributed by atoms with E-state index >= 15 is 0 Å². The van der Waals surface area contributed by atoms with Gasteiger partial charge in [0.2, 0.25) is 5.91 Å². The molecule has 0 aromatic heterocycles. The maximum Gasteiger partial charge on any atom is 0.329 e. The van der Waals surface area contributed by atoms with Crippen LogP contribution in [0.15, 0.2) is 0 Å². The van der Waals surface area contributed by atoms with Crippen LogP contribution in [-0.4, -0.2) is 34.6 Å². The molecule has 0 aliphatic carbocycles. The van der Waals surface area contributed by atoms with Crippen LogP contribution in [0.2, 0.25) is 0 Å². The number of amides is 1. The molecule has 0 rings (SSSR count). The van der Waals surface area contributed by atoms with Gasteiger partial charge in [-0.1, -0.05) is 195 Å². The van der Waals surface area contributed by atoms with Gasteiger partial charge in [-0.05, 0) is 51.4 Å². The molecule has 6 heteroatoms. The zero-order valence-corrected chi connectivity index (χ0v) is 34.6. The molecule has 0 saturated carbocycles. The highest BCUT2D eigenvalue weighted by molar-refractivity contribution is 5.85. The number of esters is 1. The fourth-order valence-electron chi connectivity index (χ4n) is 7.40. The van der Waals surface area contributed by atoms with Crippen LogP contribution >= 0.6 is 0 Å². The van der Waals surface area contributed by atoms with Gasteiger partial charge >= 0.3 is 11.9 Å². The van der Waals surface area contributed by atoms with Crippen molar-refractivity contribution in [2.24, 2.45) is 0 Å². The summed E-state index contributed by atoms with van der Waals surface area (Å²) in [7, 11) is 0. The lowest BCUT2D eigenvalue weighted by Crippen LogP contribution is -2.46. The summed E-state index contributed by atoms with van der Waals surface area (Å²) in [5.41, 5.74) is -0.545. The van der Waals surface area contributed by atoms with Gasteiger partial charge in [0.15, 0.2) is 0 Å². The summed E-state index contributed by atoms with van der Waals surface area (Å²) in [6.07, 6.45) is 38.9. The quantitative estimate of drug-likeness (QED) is 0.0485. The first-order valence-corrected chi connectivity index (χ1v) is 22.6. The molecule has 6 nitrogen and oxygen atoms in total. The molecule has 0 fully saturated rings. The summed E-state index contributed by atoms with van der Waals surface area (Å²) >= 11 is 0. The Morgan fingerprint density at radius 3 is 1.12 bits per heavy atom. The number of carbonyl (C=O) groups is 3. The second-order valence-corrected chi connectivity index (χ2v) is 15.8. The Kier molecular flexibility index (Phi) is 35.6. The first kappa shape index (κ1) is 49.4. The van der Waals surface area contributed by atoms with E-state index in [-0.39, 0.29) is 18.7 Å². The van der Waals surface area contributed by atoms with Gasteiger partial charge in [0.1, 0.15) is 11.6 Å². The lowest BCUT2D eigenvalue weighted by molar-refractivity contribution is -0.167. The molecule has 0 spiro atoms. The van der Waals surface area contributed by atoms with Gasteiger partial charge in [0.05, 0.1) is 0 Å². The Morgan fingerprint density at radius 2 is 0.784 bits per heavy atom. The minimum absolute atomic E-state index is 0.0693. The van der Waals surface area contributed by atoms with Crippen LogP contribution < -0.4 is 5.32 Å². The summed E-state index contributed by atoms with van der Waals surface area (Å²) in [4.78, 5) is 38.7. The standard InChI is InChI=1S/C45H87NO5/c1-5-9-13-17-21-23-25-27-31-35-42(47)46-41(36-37-43(48)49)44(50)51-45(38-32-28-19-15-11-7-3,39-33-29-20-16-12-8-4)40-34-30-26-24-22-18-14-10-6-2/h41H,5-40H2,1-4H3,(H,46,47)(H,48,49)/t41-/m0/s1. The van der Waals surface area contributed by atoms with Crippen LogP contribution in [0.1, 0.15) is 259 Å². The van der Waals surface area contributed by atoms with Gasteiger partial charge < -0.3 is 15.2 Å². The number of rotatable bonds is 40. The predicted octanol–water partition coefficient (Wildman–Crippen LogP) is 14.0. The van der Waals surface area contributed by atoms with Crippen LogP contribution in [0.25, 0.3) is 0 Å². The van der Waals surface area contributed by atoms with Crippen LogP contribution in [0.4, 0.5) is 0 Å². The Bertz CT molecular complexity index is 783. The van der Waals surface area contributed by atoms with Crippen molar-refractivity contribution in [3.63, 3.8) is 0 Å². The van der Waals surface area contributed by atoms with Gasteiger partial charge in [-0.3, -0.25) is 9.59 Å². The minimum atomic E-state index is -0.957. The fourth-order valence-corrected chi connectivity index (χ4v) is 7.40. The zero-order chi connectivity index (χ0) is 37.7. The first-order valence-electron chi connectivity index (χ1n) is 22.6. The van der Waals surface area contributed by atoms with E-state index in [2.05, 4.69) is 33.0 Å². The fraction of sp³-hybridized carbons (Fsp3) is 0.933. The van der Waals surface area contributed by atoms with E-state index in [4.69, 9.17) is 4.74 Å². The van der Waals surface area contributed by atoms with Crippen LogP contribution in [0.5, 0.6) is 0 Å². The second kappa shape index (κ2) is 36.8. The molecule has 2 N–H and O–H groups in total. The summed E-state index contributed by atoms with van der Waals surface area (Å²) in [5.74, 6) is -1.55. The lowest BCUT2D eigenvalue weighted by atomic mass is 9.84. The monoisotopic (exact) mass is 722 g/mol. The predicted molar refractivity (Wildman–Crippen MR) is 217 cm³/mol. The molecule has 302 valence electrons. The van der Waals surface area contributed by atoms with Gasteiger partial charge in [0.25, 0.3) is 0 Å². The van der Waals surface area contributed by atoms with Gasteiger partial charge in [0, 0.05) is 12.8 Å². The number of carboxylic acid groups (broad SMARTS) is 1. The third-order valence-electron chi connectivity index (χ3n) is 10.8. The average molecular weight is 722 g/mol. The van der Waals surface area contributed by atoms with Gasteiger partial charge in [-0.15, -0.1) is 0 Å². The molecule has 0 bridgehead atoms. The molecule has 0 aromatic rings. The van der Waals surface area contributed by atoms with Crippen molar-refractivity contribution in [3.05, 3.63) is 0 Å². The summed E-state index contributed by atoms with van der Waals surface area (Å²) in [6.45, 7) is 8.98. The highest BCUT2D eigenvalue weighted by Crippen LogP contribution is 2.34. The molecule has 0 aromatic carbocycles. The molecule has 51 heavy (non-hydrogen) atoms. The van der Waals surface area contributed by atoms with Gasteiger partial charge in [-0.2, -0.15) is 0 Å². The molecular formula is C45H87NO5. The van der Waals surface area contributed by atoms with Crippen molar-refractivity contribution in [1.29, 1.82) is 0 Å². The third-order valence-corrected chi connectivity index (χ3v) is 10.8. The summed E-state index contributed by atoms with van der Waals surface area (Å²) in [6, 6.07) is -0.913. The Morgan fingerprint density at radius 1 is 0.471 bits per heavy atom. The molecule has 0 saturated heterocycles. The van der Waals surface area contributed by atoms with E-state index < -0.39 is 23.6 Å². The summed E-state index contributed by atoms with van der Waals surface area (Å²) in [5, 5.41) is 12.4. The molecule has 0 aliphatic rings. The SMILES string of the molecule is CCCCCCCCCCCC(=O)N[C@@H](CCC(=O)O)C(=O)OC(CCCCCCCC)(CCCCCCCC)CCCCCCCCCCC. The molecular weight excluding hydrogens is 634 g/mol. The van der Waals surface area contributed by atoms with Crippen molar-refractivity contribution < 1.29 is 24.2 Å². The number of nitrogens with one attached hydrogen (secondary N) is 1. The number of aliphatic carboxylic acids is 1. The van der Waals surface area contributed by atoms with Crippen LogP contribution in [0.3, 0.4) is 0 Å². The Balaban J connectivity index is 5.56. The number of hydrogen-bond donors (Lipinski definition) is 2. The number of carboxylic acids is 1. The van der Waals surface area contributed by atoms with Gasteiger partial charge in [-0.25, -0.2) is 4.79 Å². The van der Waals surface area contributed by atoms with Crippen molar-refractivity contribution in [1.82, 2.24) is 5.32 Å². The topological polar surface area (TPSA) is 92.7 Å². The zero-order valence-electron chi connectivity index (χ0n) is 34.6. The molecule has 0 aliphatic heterocycles. The molecule has 1 amide bonds. The molecule has 0 heterocycles. The van der Waals surface area contributed by atoms with Crippen molar-refractivity contribution >= 4 is 17.8 Å². The van der Waals surface area contributed by atoms with E-state index in [0.29, 0.717) is 6.42 Å². The smallest absolute Gasteiger partial charge is 0.329 e. The normalized spacial score (nSPS) is 12.2. The van der Waals surface area contributed by atoms with Crippen LogP contribution in [-0.2, 0) is 19.1 Å². The lowest BCUT2D eigenvalue weighted by Gasteiger charge is -2.36. The van der Waals surface area contributed by atoms with Crippen molar-refractivity contribution in [2.45, 2.75) is 270 Å². The highest BCUT2D eigenvalue weighted by atomic mass is 16.6. The third kappa shape index (κ3) is 31.6. The minimum Gasteiger partial charge on any atom is -0.481 e. The highest BCUT2D eigenvalue weighted by Gasteiger charge is 2.36. The van der Waals surface area contributed by atoms with E-state index in [1.165, 1.54) is 135 Å². The number of ether oxygens (including phenoxy) is 1. The second-order valence-electron chi connectivity index (χ2n) is 15.8. The average Bonchev–Trinajstić information content (AvgIpc) is 3.11. The number of hydrogen-bond acceptors (Lipinski definition) is 4. The van der Waals surface area contributed by atoms with Crippen LogP contribution in [0, 0.1) is 0 Å². The van der Waals surface area contributed by atoms with E-state index in [9.17, 15) is 19.5 Å². The largest absolute Gasteiger partial charge is 0.481 e. The maximum absolute atomic E-state index is 14.0. The Labute approximate surface area is 317 Å². The maximum atomic E-state index is 14.0. The van der Waals surface area contributed by atoms with Crippen molar-refractivity contribution in [2.75, 3.05) is 0 Å². The van der Waals surface area contributed by atoms with Crippen molar-refractivity contribution in [3.8, 4) is 0 Å². The molecule has 0 radical (unpaired) electrons. The van der Waals surface area contributed by atoms with E-state index in [0.717, 1.165) is 77.0 Å². The molecule has 1 atom stereocenters. The van der Waals surface area contributed by atoms with E-state index in [1.807, 2.05) is 0 Å². The first-order chi connectivity index (χ1) is 24.8. The van der Waals surface area contributed by atoms with E-state index in [1.54, 1.807) is 0 Å². The number of unbranched alkanes of at least 4 members (excludes halogenated alkanes) is 26. The molecule has 0 unspecified atom stereocenters. The summed E-state index contributed by atoms with van der Waals surface area (Å²) < 4.78 is 6.61. The number of carbonyl (C=O) groups excluding carboxylic acids is 2. The Hall–Kier alpha value is -1.59.